The number of aromatic nitrogens is 1. The van der Waals surface area contributed by atoms with Crippen molar-refractivity contribution in [2.75, 3.05) is 32.6 Å². The maximum atomic E-state index is 11.5. The molecule has 0 radical (unpaired) electrons. The van der Waals surface area contributed by atoms with Crippen molar-refractivity contribution in [2.24, 2.45) is 0 Å². The first kappa shape index (κ1) is 14.4. The molecule has 0 bridgehead atoms. The molecule has 4 nitrogen and oxygen atoms in total. The van der Waals surface area contributed by atoms with E-state index in [-0.39, 0.29) is 22.6 Å². The van der Waals surface area contributed by atoms with Gasteiger partial charge in [0, 0.05) is 21.1 Å². The number of carbonyl (C=O) groups is 1. The smallest absolute Gasteiger partial charge is 0.241 e. The summed E-state index contributed by atoms with van der Waals surface area (Å²) in [7, 11) is 5.07. The van der Waals surface area contributed by atoms with Crippen LogP contribution in [0.1, 0.15) is 0 Å². The fraction of sp³-hybridized carbons (Fsp3) is 0.400. The summed E-state index contributed by atoms with van der Waals surface area (Å²) < 4.78 is 0. The number of hydrogen-bond acceptors (Lipinski definition) is 3. The lowest BCUT2D eigenvalue weighted by atomic mass is 10.4. The molecule has 0 atom stereocenters. The van der Waals surface area contributed by atoms with Gasteiger partial charge in [0.1, 0.15) is 11.0 Å². The molecule has 1 aromatic heterocycles. The summed E-state index contributed by atoms with van der Waals surface area (Å²) in [6, 6.07) is 1.50. The number of carbonyl (C=O) groups excluding carboxylic acids is 1. The Labute approximate surface area is 115 Å². The predicted octanol–water partition coefficient (Wildman–Crippen LogP) is 2.57. The van der Waals surface area contributed by atoms with Crippen molar-refractivity contribution in [1.82, 2.24) is 9.88 Å². The number of amides is 1. The molecule has 1 rings (SSSR count). The molecule has 1 amide bonds. The average molecular weight is 297 g/mol. The highest BCUT2D eigenvalue weighted by Gasteiger charge is 2.15. The van der Waals surface area contributed by atoms with Gasteiger partial charge in [0.05, 0.1) is 16.6 Å². The van der Waals surface area contributed by atoms with E-state index in [1.165, 1.54) is 11.0 Å². The van der Waals surface area contributed by atoms with Crippen molar-refractivity contribution in [2.45, 2.75) is 0 Å². The molecule has 0 aliphatic rings. The van der Waals surface area contributed by atoms with Gasteiger partial charge in [0.15, 0.2) is 0 Å². The highest BCUT2D eigenvalue weighted by atomic mass is 35.5. The monoisotopic (exact) mass is 295 g/mol. The molecule has 0 aromatic carbocycles. The van der Waals surface area contributed by atoms with E-state index in [0.29, 0.717) is 10.8 Å². The Bertz CT molecular complexity index is 437. The van der Waals surface area contributed by atoms with Crippen LogP contribution in [0.4, 0.5) is 5.82 Å². The molecule has 0 saturated carbocycles. The van der Waals surface area contributed by atoms with Gasteiger partial charge in [0.25, 0.3) is 0 Å². The molecule has 0 unspecified atom stereocenters. The molecule has 94 valence electrons. The van der Waals surface area contributed by atoms with E-state index in [1.807, 2.05) is 0 Å². The predicted molar refractivity (Wildman–Crippen MR) is 71.2 cm³/mol. The Balaban J connectivity index is 2.93. The SMILES string of the molecule is CN(C)C(=O)CN(C)c1nc(Cl)c(Cl)cc1Cl. The van der Waals surface area contributed by atoms with Gasteiger partial charge in [-0.3, -0.25) is 4.79 Å². The van der Waals surface area contributed by atoms with Gasteiger partial charge in [0.2, 0.25) is 5.91 Å². The van der Waals surface area contributed by atoms with E-state index < -0.39 is 0 Å². The van der Waals surface area contributed by atoms with Crippen LogP contribution in [0, 0.1) is 0 Å². The van der Waals surface area contributed by atoms with E-state index in [2.05, 4.69) is 4.98 Å². The summed E-state index contributed by atoms with van der Waals surface area (Å²) in [6.45, 7) is 0.164. The van der Waals surface area contributed by atoms with E-state index in [0.717, 1.165) is 0 Å². The largest absolute Gasteiger partial charge is 0.349 e. The van der Waals surface area contributed by atoms with E-state index in [9.17, 15) is 4.79 Å². The lowest BCUT2D eigenvalue weighted by Crippen LogP contribution is -2.34. The number of pyridine rings is 1. The third-order valence-corrected chi connectivity index (χ3v) is 3.05. The number of rotatable bonds is 3. The molecule has 0 spiro atoms. The standard InChI is InChI=1S/C10H12Cl3N3O/c1-15(2)8(17)5-16(3)10-7(12)4-6(11)9(13)14-10/h4H,5H2,1-3H3. The van der Waals surface area contributed by atoms with Gasteiger partial charge >= 0.3 is 0 Å². The highest BCUT2D eigenvalue weighted by molar-refractivity contribution is 6.42. The van der Waals surface area contributed by atoms with Gasteiger partial charge in [-0.05, 0) is 6.07 Å². The second kappa shape index (κ2) is 5.76. The molecular weight excluding hydrogens is 284 g/mol. The molecule has 1 heterocycles. The molecule has 0 aliphatic carbocycles. The summed E-state index contributed by atoms with van der Waals surface area (Å²) in [5, 5.41) is 0.802. The maximum Gasteiger partial charge on any atom is 0.241 e. The minimum atomic E-state index is -0.0589. The van der Waals surface area contributed by atoms with Crippen LogP contribution in [0.15, 0.2) is 6.07 Å². The van der Waals surface area contributed by atoms with Crippen LogP contribution in [-0.4, -0.2) is 43.5 Å². The zero-order valence-corrected chi connectivity index (χ0v) is 11.9. The normalized spacial score (nSPS) is 10.2. The Morgan fingerprint density at radius 1 is 1.24 bits per heavy atom. The van der Waals surface area contributed by atoms with E-state index in [1.54, 1.807) is 26.0 Å². The van der Waals surface area contributed by atoms with Crippen LogP contribution in [0.5, 0.6) is 0 Å². The highest BCUT2D eigenvalue weighted by Crippen LogP contribution is 2.30. The first-order valence-electron chi connectivity index (χ1n) is 4.75. The molecule has 0 N–H and O–H groups in total. The molecule has 17 heavy (non-hydrogen) atoms. The molecule has 1 aromatic rings. The Morgan fingerprint density at radius 2 is 1.82 bits per heavy atom. The zero-order chi connectivity index (χ0) is 13.2. The Hall–Kier alpha value is -0.710. The second-order valence-electron chi connectivity index (χ2n) is 3.71. The average Bonchev–Trinajstić information content (AvgIpc) is 2.22. The van der Waals surface area contributed by atoms with Crippen LogP contribution in [-0.2, 0) is 4.79 Å². The third-order valence-electron chi connectivity index (χ3n) is 2.10. The zero-order valence-electron chi connectivity index (χ0n) is 9.67. The van der Waals surface area contributed by atoms with Crippen LogP contribution in [0.3, 0.4) is 0 Å². The Morgan fingerprint density at radius 3 is 2.35 bits per heavy atom. The number of anilines is 1. The van der Waals surface area contributed by atoms with Crippen molar-refractivity contribution < 1.29 is 4.79 Å². The van der Waals surface area contributed by atoms with E-state index in [4.69, 9.17) is 34.8 Å². The lowest BCUT2D eigenvalue weighted by Gasteiger charge is -2.21. The first-order valence-corrected chi connectivity index (χ1v) is 5.89. The van der Waals surface area contributed by atoms with Crippen LogP contribution >= 0.6 is 34.8 Å². The lowest BCUT2D eigenvalue weighted by molar-refractivity contribution is -0.127. The summed E-state index contributed by atoms with van der Waals surface area (Å²) in [6.07, 6.45) is 0. The summed E-state index contributed by atoms with van der Waals surface area (Å²) in [4.78, 5) is 18.7. The number of halogens is 3. The summed E-state index contributed by atoms with van der Waals surface area (Å²) >= 11 is 17.6. The van der Waals surface area contributed by atoms with Gasteiger partial charge in [-0.1, -0.05) is 34.8 Å². The molecule has 0 fully saturated rings. The van der Waals surface area contributed by atoms with Crippen LogP contribution in [0.25, 0.3) is 0 Å². The van der Waals surface area contributed by atoms with Gasteiger partial charge in [-0.15, -0.1) is 0 Å². The quantitative estimate of drug-likeness (QED) is 0.804. The molecule has 0 saturated heterocycles. The minimum Gasteiger partial charge on any atom is -0.349 e. The van der Waals surface area contributed by atoms with Crippen LogP contribution < -0.4 is 4.90 Å². The number of likely N-dealkylation sites (N-methyl/N-ethyl adjacent to an activating group) is 2. The first-order chi connectivity index (χ1) is 7.82. The van der Waals surface area contributed by atoms with Crippen molar-refractivity contribution >= 4 is 46.5 Å². The number of hydrogen-bond donors (Lipinski definition) is 0. The summed E-state index contributed by atoms with van der Waals surface area (Å²) in [5.74, 6) is 0.368. The minimum absolute atomic E-state index is 0.0589. The third kappa shape index (κ3) is 3.63. The van der Waals surface area contributed by atoms with Gasteiger partial charge in [-0.25, -0.2) is 4.98 Å². The van der Waals surface area contributed by atoms with Crippen molar-refractivity contribution in [3.63, 3.8) is 0 Å². The maximum absolute atomic E-state index is 11.5. The topological polar surface area (TPSA) is 36.4 Å². The fourth-order valence-corrected chi connectivity index (χ4v) is 1.76. The Kier molecular flexibility index (Phi) is 4.86. The van der Waals surface area contributed by atoms with Gasteiger partial charge < -0.3 is 9.80 Å². The summed E-state index contributed by atoms with van der Waals surface area (Å²) in [5.41, 5.74) is 0. The molecule has 0 aliphatic heterocycles. The van der Waals surface area contributed by atoms with Crippen molar-refractivity contribution in [3.05, 3.63) is 21.3 Å². The van der Waals surface area contributed by atoms with E-state index >= 15 is 0 Å². The van der Waals surface area contributed by atoms with Crippen molar-refractivity contribution in [3.8, 4) is 0 Å². The van der Waals surface area contributed by atoms with Gasteiger partial charge in [-0.2, -0.15) is 0 Å². The number of nitrogens with zero attached hydrogens (tertiary/aromatic N) is 3. The molecule has 7 heteroatoms. The van der Waals surface area contributed by atoms with Crippen LogP contribution in [0.2, 0.25) is 15.2 Å². The molecular formula is C10H12Cl3N3O. The fourth-order valence-electron chi connectivity index (χ4n) is 1.12. The van der Waals surface area contributed by atoms with Crippen molar-refractivity contribution in [1.29, 1.82) is 0 Å². The second-order valence-corrected chi connectivity index (χ2v) is 4.88.